The number of imide groups is 1. The van der Waals surface area contributed by atoms with Crippen LogP contribution in [-0.2, 0) is 10.0 Å². The molecule has 1 aliphatic heterocycles. The van der Waals surface area contributed by atoms with Crippen molar-refractivity contribution in [2.24, 2.45) is 0 Å². The van der Waals surface area contributed by atoms with Crippen molar-refractivity contribution < 1.29 is 22.7 Å². The molecule has 2 aromatic rings. The second-order valence-electron chi connectivity index (χ2n) is 4.61. The predicted molar refractivity (Wildman–Crippen MR) is 77.1 cm³/mol. The number of carbonyl (C=O) groups excluding carboxylic acids is 2. The van der Waals surface area contributed by atoms with E-state index in [9.17, 15) is 18.0 Å². The quantitative estimate of drug-likeness (QED) is 0.787. The van der Waals surface area contributed by atoms with Gasteiger partial charge in [0.1, 0.15) is 10.6 Å². The van der Waals surface area contributed by atoms with Gasteiger partial charge in [-0.3, -0.25) is 9.59 Å². The van der Waals surface area contributed by atoms with Gasteiger partial charge in [0.2, 0.25) is 0 Å². The Bertz CT molecular complexity index is 888. The van der Waals surface area contributed by atoms with E-state index in [2.05, 4.69) is 0 Å². The first kappa shape index (κ1) is 14.3. The van der Waals surface area contributed by atoms with Gasteiger partial charge in [0.05, 0.1) is 12.7 Å². The van der Waals surface area contributed by atoms with E-state index in [1.54, 1.807) is 18.2 Å². The maximum atomic E-state index is 12.5. The summed E-state index contributed by atoms with van der Waals surface area (Å²) in [7, 11) is -2.74. The van der Waals surface area contributed by atoms with Crippen molar-refractivity contribution in [2.75, 3.05) is 7.11 Å². The molecule has 112 valence electrons. The van der Waals surface area contributed by atoms with E-state index in [4.69, 9.17) is 4.74 Å². The smallest absolute Gasteiger partial charge is 0.276 e. The molecule has 22 heavy (non-hydrogen) atoms. The molecule has 0 atom stereocenters. The summed E-state index contributed by atoms with van der Waals surface area (Å²) >= 11 is 0. The lowest BCUT2D eigenvalue weighted by Gasteiger charge is -2.13. The Labute approximate surface area is 127 Å². The van der Waals surface area contributed by atoms with Crippen LogP contribution in [0.15, 0.2) is 53.4 Å². The highest BCUT2D eigenvalue weighted by Gasteiger charge is 2.45. The van der Waals surface area contributed by atoms with Crippen LogP contribution in [0.1, 0.15) is 20.7 Å². The number of nitrogens with zero attached hydrogens (tertiary/aromatic N) is 1. The standard InChI is InChI=1S/C15H11NO5S/c1-21-11-6-4-5-10(9-11)14(17)16-15(18)12-7-2-3-8-13(12)22(16,19)20/h2-9H,1H3. The minimum absolute atomic E-state index is 0.00116. The molecule has 2 amide bonds. The number of hydrogen-bond donors (Lipinski definition) is 0. The number of fused-ring (bicyclic) bond motifs is 1. The van der Waals surface area contributed by atoms with Crippen molar-refractivity contribution in [3.05, 3.63) is 59.7 Å². The molecule has 2 aromatic carbocycles. The normalized spacial score (nSPS) is 15.5. The Morgan fingerprint density at radius 3 is 2.50 bits per heavy atom. The molecule has 0 unspecified atom stereocenters. The summed E-state index contributed by atoms with van der Waals surface area (Å²) in [6, 6.07) is 11.7. The summed E-state index contributed by atoms with van der Waals surface area (Å²) in [6.07, 6.45) is 0. The van der Waals surface area contributed by atoms with Crippen molar-refractivity contribution in [1.82, 2.24) is 4.31 Å². The number of rotatable bonds is 2. The Morgan fingerprint density at radius 2 is 1.82 bits per heavy atom. The third-order valence-electron chi connectivity index (χ3n) is 3.32. The maximum absolute atomic E-state index is 12.5. The van der Waals surface area contributed by atoms with E-state index in [0.29, 0.717) is 10.1 Å². The molecule has 0 aliphatic carbocycles. The Balaban J connectivity index is 2.10. The van der Waals surface area contributed by atoms with Crippen LogP contribution in [0, 0.1) is 0 Å². The Kier molecular flexibility index (Phi) is 3.22. The lowest BCUT2D eigenvalue weighted by Crippen LogP contribution is -2.36. The summed E-state index contributed by atoms with van der Waals surface area (Å²) in [5.74, 6) is -1.35. The summed E-state index contributed by atoms with van der Waals surface area (Å²) < 4.78 is 30.1. The molecule has 7 heteroatoms. The van der Waals surface area contributed by atoms with Crippen LogP contribution in [0.4, 0.5) is 0 Å². The van der Waals surface area contributed by atoms with Crippen LogP contribution >= 0.6 is 0 Å². The van der Waals surface area contributed by atoms with Crippen molar-refractivity contribution in [2.45, 2.75) is 4.90 Å². The van der Waals surface area contributed by atoms with Gasteiger partial charge in [-0.05, 0) is 30.3 Å². The van der Waals surface area contributed by atoms with Crippen LogP contribution in [0.3, 0.4) is 0 Å². The molecular formula is C15H11NO5S. The highest BCUT2D eigenvalue weighted by molar-refractivity contribution is 7.90. The number of carbonyl (C=O) groups is 2. The highest BCUT2D eigenvalue weighted by atomic mass is 32.2. The van der Waals surface area contributed by atoms with Crippen molar-refractivity contribution in [3.63, 3.8) is 0 Å². The SMILES string of the molecule is COc1cccc(C(=O)N2C(=O)c3ccccc3S2(=O)=O)c1. The number of amides is 2. The monoisotopic (exact) mass is 317 g/mol. The van der Waals surface area contributed by atoms with Gasteiger partial charge >= 0.3 is 0 Å². The zero-order chi connectivity index (χ0) is 15.9. The fourth-order valence-corrected chi connectivity index (χ4v) is 3.78. The summed E-state index contributed by atoms with van der Waals surface area (Å²) in [6.45, 7) is 0. The third kappa shape index (κ3) is 1.98. The van der Waals surface area contributed by atoms with Crippen LogP contribution < -0.4 is 4.74 Å². The zero-order valence-electron chi connectivity index (χ0n) is 11.5. The molecule has 0 fully saturated rings. The van der Waals surface area contributed by atoms with E-state index in [0.717, 1.165) is 0 Å². The topological polar surface area (TPSA) is 80.8 Å². The molecule has 1 heterocycles. The molecule has 0 bridgehead atoms. The largest absolute Gasteiger partial charge is 0.497 e. The summed E-state index contributed by atoms with van der Waals surface area (Å²) in [5, 5.41) is 0. The summed E-state index contributed by atoms with van der Waals surface area (Å²) in [4.78, 5) is 24.6. The van der Waals surface area contributed by atoms with Gasteiger partial charge in [0.15, 0.2) is 0 Å². The second-order valence-corrected chi connectivity index (χ2v) is 6.36. The van der Waals surface area contributed by atoms with Crippen molar-refractivity contribution in [3.8, 4) is 5.75 Å². The van der Waals surface area contributed by atoms with Crippen LogP contribution in [0.2, 0.25) is 0 Å². The van der Waals surface area contributed by atoms with E-state index in [1.807, 2.05) is 0 Å². The summed E-state index contributed by atoms with van der Waals surface area (Å²) in [5.41, 5.74) is 0.0582. The number of hydrogen-bond acceptors (Lipinski definition) is 5. The zero-order valence-corrected chi connectivity index (χ0v) is 12.3. The fourth-order valence-electron chi connectivity index (χ4n) is 2.26. The molecule has 0 saturated carbocycles. The highest BCUT2D eigenvalue weighted by Crippen LogP contribution is 2.31. The average molecular weight is 317 g/mol. The number of benzene rings is 2. The van der Waals surface area contributed by atoms with E-state index in [1.165, 1.54) is 37.4 Å². The lowest BCUT2D eigenvalue weighted by atomic mass is 10.1. The first-order chi connectivity index (χ1) is 10.5. The molecule has 0 spiro atoms. The number of sulfonamides is 1. The molecule has 0 saturated heterocycles. The molecule has 1 aliphatic rings. The maximum Gasteiger partial charge on any atom is 0.276 e. The molecule has 3 rings (SSSR count). The molecule has 0 aromatic heterocycles. The molecule has 6 nitrogen and oxygen atoms in total. The molecule has 0 radical (unpaired) electrons. The first-order valence-electron chi connectivity index (χ1n) is 6.34. The van der Waals surface area contributed by atoms with Gasteiger partial charge in [-0.1, -0.05) is 18.2 Å². The average Bonchev–Trinajstić information content (AvgIpc) is 2.74. The van der Waals surface area contributed by atoms with Crippen LogP contribution in [-0.4, -0.2) is 31.6 Å². The third-order valence-corrected chi connectivity index (χ3v) is 5.05. The van der Waals surface area contributed by atoms with Gasteiger partial charge in [-0.15, -0.1) is 0 Å². The number of ether oxygens (including phenoxy) is 1. The fraction of sp³-hybridized carbons (Fsp3) is 0.0667. The lowest BCUT2D eigenvalue weighted by molar-refractivity contribution is 0.0739. The van der Waals surface area contributed by atoms with Crippen LogP contribution in [0.5, 0.6) is 5.75 Å². The molecule has 0 N–H and O–H groups in total. The predicted octanol–water partition coefficient (Wildman–Crippen LogP) is 1.68. The van der Waals surface area contributed by atoms with Gasteiger partial charge in [-0.2, -0.15) is 4.31 Å². The minimum Gasteiger partial charge on any atom is -0.497 e. The van der Waals surface area contributed by atoms with Crippen LogP contribution in [0.25, 0.3) is 0 Å². The van der Waals surface area contributed by atoms with Gasteiger partial charge < -0.3 is 4.74 Å². The van der Waals surface area contributed by atoms with Gasteiger partial charge in [0, 0.05) is 5.56 Å². The van der Waals surface area contributed by atoms with Crippen molar-refractivity contribution in [1.29, 1.82) is 0 Å². The Hall–Kier alpha value is -2.67. The van der Waals surface area contributed by atoms with E-state index >= 15 is 0 Å². The second kappa shape index (κ2) is 4.96. The minimum atomic E-state index is -4.17. The van der Waals surface area contributed by atoms with Gasteiger partial charge in [-0.25, -0.2) is 8.42 Å². The Morgan fingerprint density at radius 1 is 1.09 bits per heavy atom. The molecular weight excluding hydrogens is 306 g/mol. The number of methoxy groups -OCH3 is 1. The first-order valence-corrected chi connectivity index (χ1v) is 7.78. The van der Waals surface area contributed by atoms with E-state index < -0.39 is 21.8 Å². The van der Waals surface area contributed by atoms with Crippen molar-refractivity contribution >= 4 is 21.8 Å². The van der Waals surface area contributed by atoms with Gasteiger partial charge in [0.25, 0.3) is 21.8 Å². The van der Waals surface area contributed by atoms with E-state index in [-0.39, 0.29) is 16.0 Å².